The van der Waals surface area contributed by atoms with Gasteiger partial charge in [-0.25, -0.2) is 0 Å². The van der Waals surface area contributed by atoms with Gasteiger partial charge in [0.2, 0.25) is 0 Å². The molecule has 0 bridgehead atoms. The molecule has 2 aromatic rings. The molecular formula is C20H25NO3S. The molecule has 3 rings (SSSR count). The summed E-state index contributed by atoms with van der Waals surface area (Å²) in [4.78, 5) is 14.7. The summed E-state index contributed by atoms with van der Waals surface area (Å²) in [6.45, 7) is 6.73. The third-order valence-electron chi connectivity index (χ3n) is 4.86. The summed E-state index contributed by atoms with van der Waals surface area (Å²) in [7, 11) is 0. The van der Waals surface area contributed by atoms with E-state index in [0.29, 0.717) is 6.54 Å². The van der Waals surface area contributed by atoms with Crippen LogP contribution in [0, 0.1) is 19.8 Å². The topological polar surface area (TPSA) is 53.7 Å². The molecule has 25 heavy (non-hydrogen) atoms. The van der Waals surface area contributed by atoms with Gasteiger partial charge in [0.05, 0.1) is 12.2 Å². The normalized spacial score (nSPS) is 19.3. The van der Waals surface area contributed by atoms with Crippen LogP contribution >= 0.6 is 11.3 Å². The highest BCUT2D eigenvalue weighted by molar-refractivity contribution is 7.11. The van der Waals surface area contributed by atoms with Gasteiger partial charge < -0.3 is 14.4 Å². The molecule has 1 fully saturated rings. The number of carboxylic acid groups (broad SMARTS) is 1. The minimum atomic E-state index is -0.665. The van der Waals surface area contributed by atoms with Crippen molar-refractivity contribution in [2.75, 3.05) is 19.6 Å². The molecule has 1 saturated heterocycles. The van der Waals surface area contributed by atoms with E-state index in [2.05, 4.69) is 36.3 Å². The zero-order chi connectivity index (χ0) is 17.8. The van der Waals surface area contributed by atoms with Gasteiger partial charge in [0.25, 0.3) is 0 Å². The van der Waals surface area contributed by atoms with E-state index in [1.54, 1.807) is 17.6 Å². The first-order chi connectivity index (χ1) is 12.1. The molecule has 0 saturated carbocycles. The Hall–Kier alpha value is -1.85. The van der Waals surface area contributed by atoms with E-state index in [0.717, 1.165) is 49.2 Å². The molecule has 1 unspecified atom stereocenters. The van der Waals surface area contributed by atoms with Crippen LogP contribution in [0.25, 0.3) is 5.57 Å². The molecule has 3 heterocycles. The largest absolute Gasteiger partial charge is 0.481 e. The summed E-state index contributed by atoms with van der Waals surface area (Å²) < 4.78 is 5.74. The van der Waals surface area contributed by atoms with Gasteiger partial charge in [0.15, 0.2) is 0 Å². The van der Waals surface area contributed by atoms with Crippen molar-refractivity contribution in [1.82, 2.24) is 4.90 Å². The standard InChI is InChI=1S/C20H25NO3S/c1-14-7-11-24-18(14)17(19-15(2)8-12-25-19)6-4-10-21-9-3-5-16(13-21)20(22)23/h6-8,11-12,16H,3-5,9-10,13H2,1-2H3,(H,22,23)/b17-6-. The van der Waals surface area contributed by atoms with Crippen molar-refractivity contribution in [2.24, 2.45) is 5.92 Å². The number of aryl methyl sites for hydroxylation is 2. The van der Waals surface area contributed by atoms with E-state index < -0.39 is 5.97 Å². The number of hydrogen-bond acceptors (Lipinski definition) is 4. The SMILES string of the molecule is Cc1ccoc1/C(=C/CCN1CCCC(C(=O)O)C1)c1sccc1C. The van der Waals surface area contributed by atoms with Gasteiger partial charge in [0, 0.05) is 23.5 Å². The Morgan fingerprint density at radius 2 is 2.24 bits per heavy atom. The zero-order valence-electron chi connectivity index (χ0n) is 14.8. The second-order valence-corrected chi connectivity index (χ2v) is 7.67. The van der Waals surface area contributed by atoms with Gasteiger partial charge in [-0.15, -0.1) is 11.3 Å². The lowest BCUT2D eigenvalue weighted by Gasteiger charge is -2.30. The molecule has 1 atom stereocenters. The Bertz CT molecular complexity index is 716. The smallest absolute Gasteiger partial charge is 0.307 e. The van der Waals surface area contributed by atoms with E-state index in [1.807, 2.05) is 6.07 Å². The van der Waals surface area contributed by atoms with Gasteiger partial charge in [-0.3, -0.25) is 4.79 Å². The van der Waals surface area contributed by atoms with Crippen LogP contribution in [-0.4, -0.2) is 35.6 Å². The maximum atomic E-state index is 11.2. The van der Waals surface area contributed by atoms with Crippen molar-refractivity contribution >= 4 is 22.9 Å². The lowest BCUT2D eigenvalue weighted by atomic mass is 9.98. The Balaban J connectivity index is 1.73. The molecule has 0 radical (unpaired) electrons. The van der Waals surface area contributed by atoms with E-state index in [-0.39, 0.29) is 5.92 Å². The van der Waals surface area contributed by atoms with E-state index in [1.165, 1.54) is 10.4 Å². The van der Waals surface area contributed by atoms with Crippen LogP contribution in [0.1, 0.15) is 41.0 Å². The number of nitrogens with zero attached hydrogens (tertiary/aromatic N) is 1. The van der Waals surface area contributed by atoms with Crippen LogP contribution in [0.5, 0.6) is 0 Å². The number of hydrogen-bond donors (Lipinski definition) is 1. The summed E-state index contributed by atoms with van der Waals surface area (Å²) in [5.74, 6) is 0.0537. The van der Waals surface area contributed by atoms with Crippen LogP contribution in [0.2, 0.25) is 0 Å². The Kier molecular flexibility index (Phi) is 5.76. The molecule has 1 aliphatic heterocycles. The minimum Gasteiger partial charge on any atom is -0.481 e. The number of rotatable bonds is 6. The molecule has 1 N–H and O–H groups in total. The molecule has 0 amide bonds. The van der Waals surface area contributed by atoms with Crippen LogP contribution < -0.4 is 0 Å². The monoisotopic (exact) mass is 359 g/mol. The first-order valence-electron chi connectivity index (χ1n) is 8.80. The van der Waals surface area contributed by atoms with Crippen molar-refractivity contribution in [3.8, 4) is 0 Å². The van der Waals surface area contributed by atoms with Crippen LogP contribution in [-0.2, 0) is 4.79 Å². The summed E-state index contributed by atoms with van der Waals surface area (Å²) in [5.41, 5.74) is 3.56. The predicted molar refractivity (Wildman–Crippen MR) is 101 cm³/mol. The van der Waals surface area contributed by atoms with Crippen LogP contribution in [0.4, 0.5) is 0 Å². The van der Waals surface area contributed by atoms with Crippen molar-refractivity contribution in [3.63, 3.8) is 0 Å². The number of piperidine rings is 1. The highest BCUT2D eigenvalue weighted by atomic mass is 32.1. The highest BCUT2D eigenvalue weighted by Gasteiger charge is 2.24. The Morgan fingerprint density at radius 1 is 1.40 bits per heavy atom. The summed E-state index contributed by atoms with van der Waals surface area (Å²) >= 11 is 1.74. The first kappa shape index (κ1) is 18.0. The molecule has 4 nitrogen and oxygen atoms in total. The molecule has 134 valence electrons. The summed E-state index contributed by atoms with van der Waals surface area (Å²) in [6, 6.07) is 4.13. The first-order valence-corrected chi connectivity index (χ1v) is 9.68. The van der Waals surface area contributed by atoms with Gasteiger partial charge in [0.1, 0.15) is 5.76 Å². The number of carboxylic acids is 1. The second kappa shape index (κ2) is 8.02. The fraction of sp³-hybridized carbons (Fsp3) is 0.450. The van der Waals surface area contributed by atoms with E-state index in [9.17, 15) is 9.90 Å². The van der Waals surface area contributed by atoms with E-state index in [4.69, 9.17) is 4.42 Å². The average molecular weight is 359 g/mol. The second-order valence-electron chi connectivity index (χ2n) is 6.75. The van der Waals surface area contributed by atoms with Crippen molar-refractivity contribution < 1.29 is 14.3 Å². The third kappa shape index (κ3) is 4.22. The lowest BCUT2D eigenvalue weighted by molar-refractivity contribution is -0.143. The van der Waals surface area contributed by atoms with Crippen molar-refractivity contribution in [2.45, 2.75) is 33.1 Å². The van der Waals surface area contributed by atoms with Crippen molar-refractivity contribution in [1.29, 1.82) is 0 Å². The third-order valence-corrected chi connectivity index (χ3v) is 5.91. The maximum Gasteiger partial charge on any atom is 0.307 e. The number of carbonyl (C=O) groups is 1. The Morgan fingerprint density at radius 3 is 2.88 bits per heavy atom. The minimum absolute atomic E-state index is 0.218. The molecule has 0 aliphatic carbocycles. The van der Waals surface area contributed by atoms with Gasteiger partial charge in [-0.1, -0.05) is 6.08 Å². The molecule has 5 heteroatoms. The lowest BCUT2D eigenvalue weighted by Crippen LogP contribution is -2.39. The highest BCUT2D eigenvalue weighted by Crippen LogP contribution is 2.33. The molecule has 2 aromatic heterocycles. The van der Waals surface area contributed by atoms with Gasteiger partial charge >= 0.3 is 5.97 Å². The summed E-state index contributed by atoms with van der Waals surface area (Å²) in [6.07, 6.45) is 6.64. The maximum absolute atomic E-state index is 11.2. The van der Waals surface area contributed by atoms with Gasteiger partial charge in [-0.05, 0) is 68.3 Å². The Labute approximate surface area is 152 Å². The molecule has 0 spiro atoms. The van der Waals surface area contributed by atoms with Crippen LogP contribution in [0.3, 0.4) is 0 Å². The number of aliphatic carboxylic acids is 1. The van der Waals surface area contributed by atoms with Crippen molar-refractivity contribution in [3.05, 3.63) is 51.6 Å². The van der Waals surface area contributed by atoms with Gasteiger partial charge in [-0.2, -0.15) is 0 Å². The summed E-state index contributed by atoms with van der Waals surface area (Å²) in [5, 5.41) is 11.3. The quantitative estimate of drug-likeness (QED) is 0.820. The fourth-order valence-electron chi connectivity index (χ4n) is 3.44. The number of furan rings is 1. The number of likely N-dealkylation sites (tertiary alicyclic amines) is 1. The zero-order valence-corrected chi connectivity index (χ0v) is 15.6. The number of thiophene rings is 1. The molecule has 0 aromatic carbocycles. The van der Waals surface area contributed by atoms with Crippen LogP contribution in [0.15, 0.2) is 34.3 Å². The molecule has 1 aliphatic rings. The predicted octanol–water partition coefficient (Wildman–Crippen LogP) is 4.58. The average Bonchev–Trinajstić information content (AvgIpc) is 3.21. The fourth-order valence-corrected chi connectivity index (χ4v) is 4.40. The van der Waals surface area contributed by atoms with E-state index >= 15 is 0 Å². The molecular weight excluding hydrogens is 334 g/mol.